The molecule has 0 saturated carbocycles. The quantitative estimate of drug-likeness (QED) is 0.667. The highest BCUT2D eigenvalue weighted by Crippen LogP contribution is 2.22. The van der Waals surface area contributed by atoms with Gasteiger partial charge in [0.05, 0.1) is 17.4 Å². The summed E-state index contributed by atoms with van der Waals surface area (Å²) in [4.78, 5) is 14.4. The molecule has 1 heterocycles. The van der Waals surface area contributed by atoms with E-state index in [1.165, 1.54) is 5.56 Å². The molecule has 0 spiro atoms. The highest BCUT2D eigenvalue weighted by molar-refractivity contribution is 6.30. The van der Waals surface area contributed by atoms with Gasteiger partial charge in [-0.2, -0.15) is 5.10 Å². The molecule has 0 N–H and O–H groups in total. The maximum absolute atomic E-state index is 12.8. The smallest absolute Gasteiger partial charge is 0.261 e. The number of anilines is 1. The topological polar surface area (TPSA) is 38.1 Å². The summed E-state index contributed by atoms with van der Waals surface area (Å²) in [6.07, 6.45) is 3.29. The average molecular weight is 354 g/mol. The van der Waals surface area contributed by atoms with E-state index in [1.54, 1.807) is 41.2 Å². The van der Waals surface area contributed by atoms with Crippen LogP contribution in [-0.2, 0) is 0 Å². The first-order chi connectivity index (χ1) is 12.0. The Hall–Kier alpha value is -2.59. The normalized spacial score (nSPS) is 10.9. The van der Waals surface area contributed by atoms with Gasteiger partial charge in [-0.1, -0.05) is 43.6 Å². The predicted molar refractivity (Wildman–Crippen MR) is 102 cm³/mol. The molecule has 4 nitrogen and oxygen atoms in total. The van der Waals surface area contributed by atoms with Crippen molar-refractivity contribution < 1.29 is 4.79 Å². The summed E-state index contributed by atoms with van der Waals surface area (Å²) in [5.41, 5.74) is 3.41. The number of carbonyl (C=O) groups excluding carboxylic acids is 1. The Morgan fingerprint density at radius 2 is 1.92 bits per heavy atom. The summed E-state index contributed by atoms with van der Waals surface area (Å²) in [6.45, 7) is 4.27. The number of nitrogens with zero attached hydrogens (tertiary/aromatic N) is 3. The van der Waals surface area contributed by atoms with Gasteiger partial charge in [-0.15, -0.1) is 0 Å². The summed E-state index contributed by atoms with van der Waals surface area (Å²) >= 11 is 6.02. The zero-order valence-electron chi connectivity index (χ0n) is 14.5. The van der Waals surface area contributed by atoms with Gasteiger partial charge in [0.1, 0.15) is 0 Å². The van der Waals surface area contributed by atoms with Crippen molar-refractivity contribution >= 4 is 23.2 Å². The first kappa shape index (κ1) is 17.2. The molecule has 0 aliphatic carbocycles. The number of carbonyl (C=O) groups is 1. The second kappa shape index (κ2) is 7.11. The molecule has 0 bridgehead atoms. The molecule has 25 heavy (non-hydrogen) atoms. The van der Waals surface area contributed by atoms with Gasteiger partial charge in [0.25, 0.3) is 5.91 Å². The minimum Gasteiger partial charge on any atom is -0.311 e. The van der Waals surface area contributed by atoms with Crippen LogP contribution in [0.3, 0.4) is 0 Å². The van der Waals surface area contributed by atoms with E-state index in [9.17, 15) is 4.79 Å². The summed E-state index contributed by atoms with van der Waals surface area (Å²) in [7, 11) is 1.78. The highest BCUT2D eigenvalue weighted by atomic mass is 35.5. The van der Waals surface area contributed by atoms with Crippen molar-refractivity contribution in [2.75, 3.05) is 11.9 Å². The minimum atomic E-state index is -0.103. The van der Waals surface area contributed by atoms with Gasteiger partial charge in [0.15, 0.2) is 0 Å². The fourth-order valence-corrected chi connectivity index (χ4v) is 2.78. The van der Waals surface area contributed by atoms with Crippen LogP contribution in [0.15, 0.2) is 60.9 Å². The molecule has 1 aromatic heterocycles. The third-order valence-electron chi connectivity index (χ3n) is 4.13. The van der Waals surface area contributed by atoms with E-state index in [0.717, 1.165) is 11.4 Å². The second-order valence-electron chi connectivity index (χ2n) is 6.27. The van der Waals surface area contributed by atoms with Gasteiger partial charge in [-0.25, -0.2) is 4.68 Å². The summed E-state index contributed by atoms with van der Waals surface area (Å²) in [5, 5.41) is 4.91. The van der Waals surface area contributed by atoms with E-state index in [2.05, 4.69) is 25.0 Å². The van der Waals surface area contributed by atoms with E-state index < -0.39 is 0 Å². The van der Waals surface area contributed by atoms with Crippen LogP contribution in [0, 0.1) is 0 Å². The molecule has 5 heteroatoms. The van der Waals surface area contributed by atoms with E-state index in [4.69, 9.17) is 11.6 Å². The zero-order chi connectivity index (χ0) is 18.0. The molecule has 0 saturated heterocycles. The molecule has 0 atom stereocenters. The number of halogens is 1. The van der Waals surface area contributed by atoms with Gasteiger partial charge in [0, 0.05) is 24.0 Å². The first-order valence-electron chi connectivity index (χ1n) is 8.14. The lowest BCUT2D eigenvalue weighted by atomic mass is 10.0. The van der Waals surface area contributed by atoms with Crippen LogP contribution in [0.1, 0.15) is 35.7 Å². The molecule has 0 fully saturated rings. The van der Waals surface area contributed by atoms with Crippen molar-refractivity contribution in [1.29, 1.82) is 0 Å². The SMILES string of the molecule is CC(C)c1cccc(N(C)C(=O)c2cnn(-c3cccc(Cl)c3)c2)c1. The number of aromatic nitrogens is 2. The fraction of sp³-hybridized carbons (Fsp3) is 0.200. The molecular weight excluding hydrogens is 334 g/mol. The Labute approximate surface area is 152 Å². The lowest BCUT2D eigenvalue weighted by molar-refractivity contribution is 0.0993. The molecule has 0 aliphatic heterocycles. The van der Waals surface area contributed by atoms with Crippen LogP contribution in [0.5, 0.6) is 0 Å². The molecule has 3 aromatic rings. The van der Waals surface area contributed by atoms with Crippen LogP contribution in [0.2, 0.25) is 5.02 Å². The summed E-state index contributed by atoms with van der Waals surface area (Å²) < 4.78 is 1.65. The van der Waals surface area contributed by atoms with Gasteiger partial charge in [-0.3, -0.25) is 4.79 Å². The lowest BCUT2D eigenvalue weighted by Crippen LogP contribution is -2.26. The predicted octanol–water partition coefficient (Wildman–Crippen LogP) is 4.93. The van der Waals surface area contributed by atoms with E-state index in [0.29, 0.717) is 16.5 Å². The maximum atomic E-state index is 12.8. The summed E-state index contributed by atoms with van der Waals surface area (Å²) in [6, 6.07) is 15.4. The molecule has 0 unspecified atom stereocenters. The Morgan fingerprint density at radius 1 is 1.16 bits per heavy atom. The molecule has 128 valence electrons. The van der Waals surface area contributed by atoms with Crippen molar-refractivity contribution in [3.8, 4) is 5.69 Å². The van der Waals surface area contributed by atoms with Gasteiger partial charge in [-0.05, 0) is 41.8 Å². The summed E-state index contributed by atoms with van der Waals surface area (Å²) in [5.74, 6) is 0.309. The van der Waals surface area contributed by atoms with Crippen molar-refractivity contribution in [2.45, 2.75) is 19.8 Å². The maximum Gasteiger partial charge on any atom is 0.261 e. The third-order valence-corrected chi connectivity index (χ3v) is 4.37. The van der Waals surface area contributed by atoms with Crippen molar-refractivity contribution in [3.05, 3.63) is 77.1 Å². The highest BCUT2D eigenvalue weighted by Gasteiger charge is 2.16. The van der Waals surface area contributed by atoms with Crippen LogP contribution in [0.4, 0.5) is 5.69 Å². The van der Waals surface area contributed by atoms with Crippen molar-refractivity contribution in [2.24, 2.45) is 0 Å². The van der Waals surface area contributed by atoms with Crippen molar-refractivity contribution in [3.63, 3.8) is 0 Å². The van der Waals surface area contributed by atoms with Crippen molar-refractivity contribution in [1.82, 2.24) is 9.78 Å². The Balaban J connectivity index is 1.85. The Kier molecular flexibility index (Phi) is 4.91. The largest absolute Gasteiger partial charge is 0.311 e. The molecule has 0 radical (unpaired) electrons. The van der Waals surface area contributed by atoms with Gasteiger partial charge >= 0.3 is 0 Å². The number of rotatable bonds is 4. The second-order valence-corrected chi connectivity index (χ2v) is 6.70. The molecule has 0 aliphatic rings. The van der Waals surface area contributed by atoms with E-state index in [1.807, 2.05) is 30.3 Å². The number of benzene rings is 2. The third kappa shape index (κ3) is 3.74. The van der Waals surface area contributed by atoms with Crippen LogP contribution in [0.25, 0.3) is 5.69 Å². The van der Waals surface area contributed by atoms with Crippen LogP contribution < -0.4 is 4.90 Å². The molecular formula is C20H20ClN3O. The Morgan fingerprint density at radius 3 is 2.64 bits per heavy atom. The first-order valence-corrected chi connectivity index (χ1v) is 8.52. The molecule has 2 aromatic carbocycles. The lowest BCUT2D eigenvalue weighted by Gasteiger charge is -2.18. The Bertz CT molecular complexity index is 901. The van der Waals surface area contributed by atoms with Gasteiger partial charge < -0.3 is 4.90 Å². The van der Waals surface area contributed by atoms with Crippen LogP contribution >= 0.6 is 11.6 Å². The van der Waals surface area contributed by atoms with Crippen LogP contribution in [-0.4, -0.2) is 22.7 Å². The molecule has 1 amide bonds. The molecule has 3 rings (SSSR count). The average Bonchev–Trinajstić information content (AvgIpc) is 3.10. The zero-order valence-corrected chi connectivity index (χ0v) is 15.2. The standard InChI is InChI=1S/C20H20ClN3O/c1-14(2)15-6-4-8-18(10-15)23(3)20(25)16-12-22-24(13-16)19-9-5-7-17(21)11-19/h4-14H,1-3H3. The van der Waals surface area contributed by atoms with Gasteiger partial charge in [0.2, 0.25) is 0 Å². The van der Waals surface area contributed by atoms with E-state index in [-0.39, 0.29) is 5.91 Å². The monoisotopic (exact) mass is 353 g/mol. The number of hydrogen-bond acceptors (Lipinski definition) is 2. The fourth-order valence-electron chi connectivity index (χ4n) is 2.60. The number of amides is 1. The number of hydrogen-bond donors (Lipinski definition) is 0. The minimum absolute atomic E-state index is 0.103. The van der Waals surface area contributed by atoms with E-state index >= 15 is 0 Å².